The van der Waals surface area contributed by atoms with E-state index in [1.807, 2.05) is 20.8 Å². The number of rotatable bonds is 4. The Morgan fingerprint density at radius 3 is 1.94 bits per heavy atom. The third-order valence-electron chi connectivity index (χ3n) is 3.03. The van der Waals surface area contributed by atoms with Gasteiger partial charge in [0.05, 0.1) is 24.5 Å². The van der Waals surface area contributed by atoms with E-state index < -0.39 is 0 Å². The van der Waals surface area contributed by atoms with Crippen molar-refractivity contribution in [3.8, 4) is 0 Å². The number of esters is 2. The molecule has 1 aliphatic rings. The van der Waals surface area contributed by atoms with Crippen LogP contribution in [0.1, 0.15) is 46.5 Å². The molecule has 0 spiro atoms. The summed E-state index contributed by atoms with van der Waals surface area (Å²) in [6.07, 6.45) is 2.86. The van der Waals surface area contributed by atoms with Gasteiger partial charge in [-0.15, -0.1) is 0 Å². The third-order valence-corrected chi connectivity index (χ3v) is 3.03. The van der Waals surface area contributed by atoms with Gasteiger partial charge in [0.1, 0.15) is 0 Å². The Morgan fingerprint density at radius 1 is 1.06 bits per heavy atom. The van der Waals surface area contributed by atoms with E-state index in [2.05, 4.69) is 0 Å². The van der Waals surface area contributed by atoms with Crippen LogP contribution < -0.4 is 0 Å². The summed E-state index contributed by atoms with van der Waals surface area (Å²) in [5.41, 5.74) is 0. The lowest BCUT2D eigenvalue weighted by molar-refractivity contribution is -0.157. The van der Waals surface area contributed by atoms with Crippen molar-refractivity contribution in [1.29, 1.82) is 0 Å². The maximum Gasteiger partial charge on any atom is 0.309 e. The molecule has 4 nitrogen and oxygen atoms in total. The highest BCUT2D eigenvalue weighted by molar-refractivity contribution is 5.75. The lowest BCUT2D eigenvalue weighted by atomic mass is 9.82. The van der Waals surface area contributed by atoms with Gasteiger partial charge < -0.3 is 9.47 Å². The zero-order valence-corrected chi connectivity index (χ0v) is 10.9. The summed E-state index contributed by atoms with van der Waals surface area (Å²) in [6.45, 7) is 5.93. The van der Waals surface area contributed by atoms with E-state index in [0.29, 0.717) is 6.61 Å². The van der Waals surface area contributed by atoms with E-state index in [9.17, 15) is 9.59 Å². The molecule has 1 saturated carbocycles. The van der Waals surface area contributed by atoms with Gasteiger partial charge in [-0.05, 0) is 46.5 Å². The molecule has 98 valence electrons. The average molecular weight is 242 g/mol. The Morgan fingerprint density at radius 2 is 1.53 bits per heavy atom. The number of hydrogen-bond donors (Lipinski definition) is 0. The van der Waals surface area contributed by atoms with Crippen molar-refractivity contribution in [3.63, 3.8) is 0 Å². The van der Waals surface area contributed by atoms with Crippen molar-refractivity contribution >= 4 is 11.9 Å². The number of ether oxygens (including phenoxy) is 2. The fraction of sp³-hybridized carbons (Fsp3) is 0.846. The van der Waals surface area contributed by atoms with Crippen molar-refractivity contribution in [2.75, 3.05) is 6.61 Å². The van der Waals surface area contributed by atoms with Crippen molar-refractivity contribution < 1.29 is 19.1 Å². The van der Waals surface area contributed by atoms with Crippen molar-refractivity contribution in [2.45, 2.75) is 52.6 Å². The van der Waals surface area contributed by atoms with Crippen LogP contribution in [0.15, 0.2) is 0 Å². The molecule has 0 aromatic heterocycles. The molecule has 0 bridgehead atoms. The first-order chi connectivity index (χ1) is 8.04. The van der Waals surface area contributed by atoms with Crippen molar-refractivity contribution in [1.82, 2.24) is 0 Å². The van der Waals surface area contributed by atoms with E-state index in [4.69, 9.17) is 9.47 Å². The summed E-state index contributed by atoms with van der Waals surface area (Å²) in [7, 11) is 0. The van der Waals surface area contributed by atoms with Gasteiger partial charge in [0, 0.05) is 0 Å². The second kappa shape index (κ2) is 6.62. The number of carbonyl (C=O) groups is 2. The fourth-order valence-corrected chi connectivity index (χ4v) is 2.15. The lowest BCUT2D eigenvalue weighted by Crippen LogP contribution is -2.29. The first-order valence-electron chi connectivity index (χ1n) is 6.41. The highest BCUT2D eigenvalue weighted by atomic mass is 16.5. The Labute approximate surface area is 103 Å². The van der Waals surface area contributed by atoms with Gasteiger partial charge in [0.15, 0.2) is 0 Å². The Hall–Kier alpha value is -1.06. The maximum atomic E-state index is 11.7. The minimum absolute atomic E-state index is 0.0296. The largest absolute Gasteiger partial charge is 0.466 e. The van der Waals surface area contributed by atoms with Gasteiger partial charge >= 0.3 is 11.9 Å². The van der Waals surface area contributed by atoms with E-state index in [0.717, 1.165) is 25.7 Å². The summed E-state index contributed by atoms with van der Waals surface area (Å²) in [4.78, 5) is 23.2. The quantitative estimate of drug-likeness (QED) is 0.710. The molecule has 0 aromatic carbocycles. The molecule has 0 unspecified atom stereocenters. The van der Waals surface area contributed by atoms with Crippen LogP contribution in [-0.2, 0) is 19.1 Å². The van der Waals surface area contributed by atoms with Crippen LogP contribution in [0.5, 0.6) is 0 Å². The topological polar surface area (TPSA) is 52.6 Å². The molecule has 0 aromatic rings. The molecular formula is C13H22O4. The molecule has 0 aliphatic heterocycles. The van der Waals surface area contributed by atoms with Gasteiger partial charge in [-0.1, -0.05) is 0 Å². The second-order valence-corrected chi connectivity index (χ2v) is 4.79. The van der Waals surface area contributed by atoms with E-state index >= 15 is 0 Å². The van der Waals surface area contributed by atoms with E-state index in [1.165, 1.54) is 0 Å². The fourth-order valence-electron chi connectivity index (χ4n) is 2.15. The zero-order valence-electron chi connectivity index (χ0n) is 10.9. The Balaban J connectivity index is 2.35. The Bertz CT molecular complexity index is 265. The first kappa shape index (κ1) is 14.0. The molecule has 17 heavy (non-hydrogen) atoms. The van der Waals surface area contributed by atoms with Crippen LogP contribution in [0.2, 0.25) is 0 Å². The molecular weight excluding hydrogens is 220 g/mol. The van der Waals surface area contributed by atoms with Crippen LogP contribution in [-0.4, -0.2) is 24.6 Å². The van der Waals surface area contributed by atoms with Crippen molar-refractivity contribution in [3.05, 3.63) is 0 Å². The molecule has 0 radical (unpaired) electrons. The first-order valence-corrected chi connectivity index (χ1v) is 6.41. The summed E-state index contributed by atoms with van der Waals surface area (Å²) in [5, 5.41) is 0. The average Bonchev–Trinajstić information content (AvgIpc) is 2.28. The standard InChI is InChI=1S/C13H22O4/c1-4-16-12(14)10-5-7-11(8-6-10)13(15)17-9(2)3/h9-11H,4-8H2,1-3H3. The highest BCUT2D eigenvalue weighted by Crippen LogP contribution is 2.30. The maximum absolute atomic E-state index is 11.7. The molecule has 4 heteroatoms. The minimum Gasteiger partial charge on any atom is -0.466 e. The van der Waals surface area contributed by atoms with Crippen molar-refractivity contribution in [2.24, 2.45) is 11.8 Å². The van der Waals surface area contributed by atoms with Gasteiger partial charge in [-0.2, -0.15) is 0 Å². The number of carbonyl (C=O) groups excluding carboxylic acids is 2. The van der Waals surface area contributed by atoms with Crippen LogP contribution >= 0.6 is 0 Å². The molecule has 1 rings (SSSR count). The molecule has 0 atom stereocenters. The van der Waals surface area contributed by atoms with Crippen LogP contribution in [0.3, 0.4) is 0 Å². The molecule has 1 fully saturated rings. The van der Waals surface area contributed by atoms with Gasteiger partial charge in [0.2, 0.25) is 0 Å². The smallest absolute Gasteiger partial charge is 0.309 e. The van der Waals surface area contributed by atoms with E-state index in [-0.39, 0.29) is 29.9 Å². The van der Waals surface area contributed by atoms with Crippen LogP contribution in [0.25, 0.3) is 0 Å². The predicted octanol–water partition coefficient (Wildman–Crippen LogP) is 2.31. The van der Waals surface area contributed by atoms with Crippen LogP contribution in [0.4, 0.5) is 0 Å². The molecule has 0 heterocycles. The minimum atomic E-state index is -0.123. The predicted molar refractivity (Wildman–Crippen MR) is 63.3 cm³/mol. The Kier molecular flexibility index (Phi) is 5.45. The van der Waals surface area contributed by atoms with Gasteiger partial charge in [-0.25, -0.2) is 0 Å². The highest BCUT2D eigenvalue weighted by Gasteiger charge is 2.31. The van der Waals surface area contributed by atoms with Gasteiger partial charge in [0.25, 0.3) is 0 Å². The SMILES string of the molecule is CCOC(=O)C1CCC(C(=O)OC(C)C)CC1. The summed E-state index contributed by atoms with van der Waals surface area (Å²) in [5.74, 6) is -0.313. The van der Waals surface area contributed by atoms with Gasteiger partial charge in [-0.3, -0.25) is 9.59 Å². The molecule has 1 aliphatic carbocycles. The van der Waals surface area contributed by atoms with Crippen LogP contribution in [0, 0.1) is 11.8 Å². The molecule has 0 amide bonds. The summed E-state index contributed by atoms with van der Waals surface area (Å²) >= 11 is 0. The third kappa shape index (κ3) is 4.36. The molecule has 0 saturated heterocycles. The molecule has 0 N–H and O–H groups in total. The monoisotopic (exact) mass is 242 g/mol. The zero-order chi connectivity index (χ0) is 12.8. The number of hydrogen-bond acceptors (Lipinski definition) is 4. The second-order valence-electron chi connectivity index (χ2n) is 4.79. The lowest BCUT2D eigenvalue weighted by Gasteiger charge is -2.26. The summed E-state index contributed by atoms with van der Waals surface area (Å²) < 4.78 is 10.2. The normalized spacial score (nSPS) is 24.5. The van der Waals surface area contributed by atoms with E-state index in [1.54, 1.807) is 0 Å². The summed E-state index contributed by atoms with van der Waals surface area (Å²) in [6, 6.07) is 0.